The van der Waals surface area contributed by atoms with E-state index >= 15 is 0 Å². The van der Waals surface area contributed by atoms with Crippen molar-refractivity contribution in [3.8, 4) is 12.1 Å². The number of nitriles is 2. The standard InChI is InChI=1S/C28H36N2/c29-21-5-1-2-6-24-13-17-27(18-14-24)28-19-15-25(16-20-28)8-4-3-7-23-9-11-26(22-30)12-10-23/h1-2,5-6,9-12,24-25,27-28H,3-4,7-8,13-20H2/t24-,25-,27-,28-. The Morgan fingerprint density at radius 1 is 0.800 bits per heavy atom. The maximum Gasteiger partial charge on any atom is 0.0991 e. The Hall–Kier alpha value is -2.32. The molecule has 0 aliphatic heterocycles. The summed E-state index contributed by atoms with van der Waals surface area (Å²) in [5.41, 5.74) is 2.12. The highest BCUT2D eigenvalue weighted by molar-refractivity contribution is 5.31. The summed E-state index contributed by atoms with van der Waals surface area (Å²) in [5, 5.41) is 17.4. The third-order valence-corrected chi connectivity index (χ3v) is 7.45. The molecular formula is C28H36N2. The Morgan fingerprint density at radius 2 is 1.47 bits per heavy atom. The smallest absolute Gasteiger partial charge is 0.0991 e. The summed E-state index contributed by atoms with van der Waals surface area (Å²) in [7, 11) is 0. The van der Waals surface area contributed by atoms with E-state index in [-0.39, 0.29) is 0 Å². The van der Waals surface area contributed by atoms with Crippen LogP contribution in [-0.4, -0.2) is 0 Å². The number of aryl methyl sites for hydroxylation is 1. The molecule has 0 N–H and O–H groups in total. The molecule has 0 bridgehead atoms. The number of benzene rings is 1. The molecule has 2 saturated carbocycles. The molecule has 158 valence electrons. The summed E-state index contributed by atoms with van der Waals surface area (Å²) in [6, 6.07) is 12.3. The molecular weight excluding hydrogens is 364 g/mol. The van der Waals surface area contributed by atoms with E-state index in [9.17, 15) is 0 Å². The molecule has 2 aliphatic carbocycles. The van der Waals surface area contributed by atoms with Crippen LogP contribution in [0.3, 0.4) is 0 Å². The molecule has 2 nitrogen and oxygen atoms in total. The summed E-state index contributed by atoms with van der Waals surface area (Å²) < 4.78 is 0. The number of rotatable bonds is 8. The molecule has 30 heavy (non-hydrogen) atoms. The molecule has 0 radical (unpaired) electrons. The van der Waals surface area contributed by atoms with E-state index in [0.29, 0.717) is 0 Å². The molecule has 3 rings (SSSR count). The van der Waals surface area contributed by atoms with Gasteiger partial charge in [-0.25, -0.2) is 0 Å². The van der Waals surface area contributed by atoms with Crippen LogP contribution in [-0.2, 0) is 6.42 Å². The van der Waals surface area contributed by atoms with Crippen molar-refractivity contribution in [2.24, 2.45) is 23.7 Å². The van der Waals surface area contributed by atoms with Crippen molar-refractivity contribution in [2.45, 2.75) is 77.0 Å². The minimum atomic E-state index is 0.719. The van der Waals surface area contributed by atoms with Crippen LogP contribution in [0.4, 0.5) is 0 Å². The second kappa shape index (κ2) is 12.4. The summed E-state index contributed by atoms with van der Waals surface area (Å²) >= 11 is 0. The van der Waals surface area contributed by atoms with Gasteiger partial charge in [0, 0.05) is 6.08 Å². The van der Waals surface area contributed by atoms with Crippen LogP contribution in [0.1, 0.15) is 81.8 Å². The van der Waals surface area contributed by atoms with Crippen molar-refractivity contribution in [2.75, 3.05) is 0 Å². The van der Waals surface area contributed by atoms with Crippen LogP contribution in [0, 0.1) is 46.3 Å². The van der Waals surface area contributed by atoms with Gasteiger partial charge in [0.25, 0.3) is 0 Å². The van der Waals surface area contributed by atoms with E-state index in [1.54, 1.807) is 6.08 Å². The quantitative estimate of drug-likeness (QED) is 0.257. The molecule has 1 aromatic carbocycles. The average Bonchev–Trinajstić information content (AvgIpc) is 2.81. The van der Waals surface area contributed by atoms with E-state index in [1.165, 1.54) is 76.2 Å². The first-order chi connectivity index (χ1) is 14.8. The first kappa shape index (κ1) is 22.4. The molecule has 0 aromatic heterocycles. The fourth-order valence-corrected chi connectivity index (χ4v) is 5.59. The van der Waals surface area contributed by atoms with Crippen LogP contribution in [0.15, 0.2) is 48.6 Å². The van der Waals surface area contributed by atoms with Gasteiger partial charge >= 0.3 is 0 Å². The predicted octanol–water partition coefficient (Wildman–Crippen LogP) is 7.52. The molecule has 0 heterocycles. The van der Waals surface area contributed by atoms with Crippen molar-refractivity contribution in [1.82, 2.24) is 0 Å². The van der Waals surface area contributed by atoms with Crippen LogP contribution in [0.25, 0.3) is 0 Å². The predicted molar refractivity (Wildman–Crippen MR) is 124 cm³/mol. The van der Waals surface area contributed by atoms with Gasteiger partial charge in [-0.3, -0.25) is 0 Å². The van der Waals surface area contributed by atoms with E-state index < -0.39 is 0 Å². The summed E-state index contributed by atoms with van der Waals surface area (Å²) in [5.74, 6) is 3.61. The van der Waals surface area contributed by atoms with Crippen molar-refractivity contribution in [1.29, 1.82) is 10.5 Å². The van der Waals surface area contributed by atoms with Crippen molar-refractivity contribution >= 4 is 0 Å². The summed E-state index contributed by atoms with van der Waals surface area (Å²) in [6.45, 7) is 0. The van der Waals surface area contributed by atoms with Crippen molar-refractivity contribution in [3.63, 3.8) is 0 Å². The minimum Gasteiger partial charge on any atom is -0.193 e. The van der Waals surface area contributed by atoms with Gasteiger partial charge in [0.2, 0.25) is 0 Å². The second-order valence-electron chi connectivity index (χ2n) is 9.38. The average molecular weight is 401 g/mol. The Balaban J connectivity index is 1.28. The number of unbranched alkanes of at least 4 members (excludes halogenated alkanes) is 1. The van der Waals surface area contributed by atoms with Gasteiger partial charge in [-0.2, -0.15) is 10.5 Å². The fraction of sp³-hybridized carbons (Fsp3) is 0.571. The van der Waals surface area contributed by atoms with Gasteiger partial charge in [0.05, 0.1) is 17.7 Å². The van der Waals surface area contributed by atoms with Gasteiger partial charge in [0.15, 0.2) is 0 Å². The van der Waals surface area contributed by atoms with Crippen molar-refractivity contribution in [3.05, 3.63) is 59.7 Å². The van der Waals surface area contributed by atoms with E-state index in [2.05, 4.69) is 30.4 Å². The molecule has 0 unspecified atom stereocenters. The monoisotopic (exact) mass is 400 g/mol. The number of nitrogens with zero attached hydrogens (tertiary/aromatic N) is 2. The highest BCUT2D eigenvalue weighted by atomic mass is 14.4. The normalized spacial score (nSPS) is 27.1. The Bertz CT molecular complexity index is 758. The number of hydrogen-bond donors (Lipinski definition) is 0. The summed E-state index contributed by atoms with van der Waals surface area (Å²) in [6.07, 6.45) is 24.2. The Morgan fingerprint density at radius 3 is 2.10 bits per heavy atom. The second-order valence-corrected chi connectivity index (χ2v) is 9.38. The highest BCUT2D eigenvalue weighted by Gasteiger charge is 2.30. The third kappa shape index (κ3) is 7.18. The molecule has 0 amide bonds. The lowest BCUT2D eigenvalue weighted by atomic mass is 9.68. The fourth-order valence-electron chi connectivity index (χ4n) is 5.59. The van der Waals surface area contributed by atoms with Crippen LogP contribution in [0.2, 0.25) is 0 Å². The Kier molecular flexibility index (Phi) is 9.24. The topological polar surface area (TPSA) is 47.6 Å². The van der Waals surface area contributed by atoms with E-state index in [1.807, 2.05) is 24.3 Å². The Labute approximate surface area is 183 Å². The third-order valence-electron chi connectivity index (χ3n) is 7.45. The van der Waals surface area contributed by atoms with Gasteiger partial charge in [-0.05, 0) is 92.7 Å². The van der Waals surface area contributed by atoms with Crippen molar-refractivity contribution < 1.29 is 0 Å². The minimum absolute atomic E-state index is 0.719. The highest BCUT2D eigenvalue weighted by Crippen LogP contribution is 2.42. The number of allylic oxidation sites excluding steroid dienone is 4. The van der Waals surface area contributed by atoms with Gasteiger partial charge in [-0.1, -0.05) is 56.0 Å². The van der Waals surface area contributed by atoms with E-state index in [0.717, 1.165) is 35.7 Å². The maximum atomic E-state index is 8.88. The lowest BCUT2D eigenvalue weighted by Crippen LogP contribution is -2.25. The first-order valence-electron chi connectivity index (χ1n) is 12.0. The van der Waals surface area contributed by atoms with Gasteiger partial charge in [0.1, 0.15) is 0 Å². The SMILES string of the molecule is N#CC=CC=C[C@H]1CC[C@H]([C@H]2CC[C@H](CCCCc3ccc(C#N)cc3)CC2)CC1. The lowest BCUT2D eigenvalue weighted by Gasteiger charge is -2.37. The molecule has 0 spiro atoms. The van der Waals surface area contributed by atoms with Gasteiger partial charge < -0.3 is 0 Å². The largest absolute Gasteiger partial charge is 0.193 e. The van der Waals surface area contributed by atoms with Crippen LogP contribution in [0.5, 0.6) is 0 Å². The van der Waals surface area contributed by atoms with Crippen LogP contribution < -0.4 is 0 Å². The maximum absolute atomic E-state index is 8.88. The molecule has 2 aliphatic rings. The molecule has 2 fully saturated rings. The zero-order valence-electron chi connectivity index (χ0n) is 18.3. The summed E-state index contributed by atoms with van der Waals surface area (Å²) in [4.78, 5) is 0. The first-order valence-corrected chi connectivity index (χ1v) is 12.0. The van der Waals surface area contributed by atoms with Crippen LogP contribution >= 0.6 is 0 Å². The number of hydrogen-bond acceptors (Lipinski definition) is 2. The lowest BCUT2D eigenvalue weighted by molar-refractivity contribution is 0.151. The van der Waals surface area contributed by atoms with Gasteiger partial charge in [-0.15, -0.1) is 0 Å². The zero-order chi connectivity index (χ0) is 21.0. The zero-order valence-corrected chi connectivity index (χ0v) is 18.3. The van der Waals surface area contributed by atoms with E-state index in [4.69, 9.17) is 10.5 Å². The molecule has 2 heteroatoms. The molecule has 1 aromatic rings. The molecule has 0 atom stereocenters. The molecule has 0 saturated heterocycles.